The van der Waals surface area contributed by atoms with Gasteiger partial charge in [-0.15, -0.1) is 0 Å². The number of hydrogen-bond donors (Lipinski definition) is 1. The minimum atomic E-state index is -2.78. The van der Waals surface area contributed by atoms with Crippen LogP contribution in [0.3, 0.4) is 0 Å². The largest absolute Gasteiger partial charge is 0.462 e. The predicted molar refractivity (Wildman–Crippen MR) is 47.2 cm³/mol. The van der Waals surface area contributed by atoms with E-state index in [-0.39, 0.29) is 16.8 Å². The van der Waals surface area contributed by atoms with Gasteiger partial charge in [0.25, 0.3) is 6.43 Å². The molecule has 1 aromatic rings. The molecule has 0 saturated carbocycles. The van der Waals surface area contributed by atoms with E-state index < -0.39 is 18.1 Å². The van der Waals surface area contributed by atoms with E-state index in [2.05, 4.69) is 30.9 Å². The summed E-state index contributed by atoms with van der Waals surface area (Å²) in [7, 11) is 0. The van der Waals surface area contributed by atoms with E-state index >= 15 is 0 Å². The van der Waals surface area contributed by atoms with Gasteiger partial charge in [0.05, 0.1) is 6.61 Å². The Labute approximate surface area is 86.8 Å². The van der Waals surface area contributed by atoms with Gasteiger partial charge in [-0.1, -0.05) is 0 Å². The molecular formula is C7H7BrF2N2O2. The van der Waals surface area contributed by atoms with Gasteiger partial charge in [-0.05, 0) is 22.9 Å². The third-order valence-corrected chi connectivity index (χ3v) is 2.02. The van der Waals surface area contributed by atoms with Crippen molar-refractivity contribution < 1.29 is 18.3 Å². The van der Waals surface area contributed by atoms with Gasteiger partial charge >= 0.3 is 5.97 Å². The highest BCUT2D eigenvalue weighted by Gasteiger charge is 2.25. The Hall–Kier alpha value is -0.980. The smallest absolute Gasteiger partial charge is 0.343 e. The Bertz CT molecular complexity index is 340. The molecule has 1 rings (SSSR count). The summed E-state index contributed by atoms with van der Waals surface area (Å²) in [5.74, 6) is -0.816. The Morgan fingerprint density at radius 3 is 2.86 bits per heavy atom. The second-order valence-corrected chi connectivity index (χ2v) is 3.08. The van der Waals surface area contributed by atoms with Gasteiger partial charge < -0.3 is 4.74 Å². The number of carbonyl (C=O) groups excluding carboxylic acids is 1. The molecule has 0 aliphatic heterocycles. The van der Waals surface area contributed by atoms with E-state index in [0.717, 1.165) is 0 Å². The quantitative estimate of drug-likeness (QED) is 0.856. The fraction of sp³-hybridized carbons (Fsp3) is 0.429. The standard InChI is InChI=1S/C7H7BrF2N2O2/c1-2-14-7(13)3-4(6(9)10)11-12-5(3)8/h6H,2H2,1H3,(H,11,12). The Balaban J connectivity index is 3.04. The molecule has 0 radical (unpaired) electrons. The summed E-state index contributed by atoms with van der Waals surface area (Å²) in [4.78, 5) is 11.2. The normalized spacial score (nSPS) is 10.6. The molecular weight excluding hydrogens is 262 g/mol. The van der Waals surface area contributed by atoms with Gasteiger partial charge in [-0.25, -0.2) is 13.6 Å². The van der Waals surface area contributed by atoms with Gasteiger partial charge in [-0.2, -0.15) is 5.10 Å². The van der Waals surface area contributed by atoms with Crippen LogP contribution in [0.4, 0.5) is 8.78 Å². The van der Waals surface area contributed by atoms with Crippen molar-refractivity contribution in [1.82, 2.24) is 10.2 Å². The number of H-pyrrole nitrogens is 1. The molecule has 0 aliphatic carbocycles. The van der Waals surface area contributed by atoms with Crippen molar-refractivity contribution >= 4 is 21.9 Å². The van der Waals surface area contributed by atoms with E-state index in [0.29, 0.717) is 0 Å². The van der Waals surface area contributed by atoms with E-state index in [1.54, 1.807) is 6.92 Å². The maximum atomic E-state index is 12.3. The fourth-order valence-corrected chi connectivity index (χ4v) is 1.35. The summed E-state index contributed by atoms with van der Waals surface area (Å²) < 4.78 is 29.3. The van der Waals surface area contributed by atoms with Crippen LogP contribution in [0.15, 0.2) is 4.60 Å². The highest BCUT2D eigenvalue weighted by atomic mass is 79.9. The van der Waals surface area contributed by atoms with Gasteiger partial charge in [0.2, 0.25) is 0 Å². The minimum absolute atomic E-state index is 0.0336. The molecule has 0 saturated heterocycles. The monoisotopic (exact) mass is 268 g/mol. The molecule has 0 aromatic carbocycles. The Morgan fingerprint density at radius 1 is 1.71 bits per heavy atom. The second-order valence-electron chi connectivity index (χ2n) is 2.32. The molecule has 1 heterocycles. The zero-order chi connectivity index (χ0) is 10.7. The van der Waals surface area contributed by atoms with Crippen LogP contribution >= 0.6 is 15.9 Å². The molecule has 4 nitrogen and oxygen atoms in total. The average Bonchev–Trinajstić information content (AvgIpc) is 2.47. The van der Waals surface area contributed by atoms with Crippen LogP contribution in [-0.2, 0) is 4.74 Å². The maximum absolute atomic E-state index is 12.3. The van der Waals surface area contributed by atoms with Crippen LogP contribution in [-0.4, -0.2) is 22.8 Å². The van der Waals surface area contributed by atoms with E-state index in [1.807, 2.05) is 0 Å². The summed E-state index contributed by atoms with van der Waals surface area (Å²) in [5.41, 5.74) is -0.780. The number of alkyl halides is 2. The molecule has 0 atom stereocenters. The fourth-order valence-electron chi connectivity index (χ4n) is 0.888. The number of ether oxygens (including phenoxy) is 1. The molecule has 0 fully saturated rings. The lowest BCUT2D eigenvalue weighted by molar-refractivity contribution is 0.0514. The number of rotatable bonds is 3. The molecule has 0 aliphatic rings. The zero-order valence-electron chi connectivity index (χ0n) is 7.18. The van der Waals surface area contributed by atoms with E-state index in [1.165, 1.54) is 0 Å². The second kappa shape index (κ2) is 4.50. The van der Waals surface area contributed by atoms with Crippen molar-refractivity contribution in [2.45, 2.75) is 13.3 Å². The lowest BCUT2D eigenvalue weighted by atomic mass is 10.2. The molecule has 7 heteroatoms. The summed E-state index contributed by atoms with van der Waals surface area (Å²) in [6, 6.07) is 0. The van der Waals surface area contributed by atoms with Crippen molar-refractivity contribution in [3.63, 3.8) is 0 Å². The maximum Gasteiger partial charge on any atom is 0.343 e. The van der Waals surface area contributed by atoms with Crippen molar-refractivity contribution in [3.8, 4) is 0 Å². The Morgan fingerprint density at radius 2 is 2.36 bits per heavy atom. The predicted octanol–water partition coefficient (Wildman–Crippen LogP) is 2.29. The van der Waals surface area contributed by atoms with Gasteiger partial charge in [0, 0.05) is 0 Å². The van der Waals surface area contributed by atoms with Crippen LogP contribution in [0, 0.1) is 0 Å². The number of nitrogens with zero attached hydrogens (tertiary/aromatic N) is 1. The van der Waals surface area contributed by atoms with E-state index in [4.69, 9.17) is 0 Å². The lowest BCUT2D eigenvalue weighted by Gasteiger charge is -2.01. The van der Waals surface area contributed by atoms with Crippen molar-refractivity contribution in [2.24, 2.45) is 0 Å². The summed E-state index contributed by atoms with van der Waals surface area (Å²) in [6.07, 6.45) is -2.78. The molecule has 0 unspecified atom stereocenters. The molecule has 0 bridgehead atoms. The molecule has 14 heavy (non-hydrogen) atoms. The Kier molecular flexibility index (Phi) is 3.56. The summed E-state index contributed by atoms with van der Waals surface area (Å²) in [6.45, 7) is 1.72. The van der Waals surface area contributed by atoms with Crippen LogP contribution in [0.5, 0.6) is 0 Å². The first-order chi connectivity index (χ1) is 6.57. The highest BCUT2D eigenvalue weighted by Crippen LogP contribution is 2.26. The SMILES string of the molecule is CCOC(=O)c1c(Br)n[nH]c1C(F)F. The number of esters is 1. The van der Waals surface area contributed by atoms with Crippen LogP contribution in [0.2, 0.25) is 0 Å². The number of nitrogens with one attached hydrogen (secondary N) is 1. The molecule has 0 spiro atoms. The minimum Gasteiger partial charge on any atom is -0.462 e. The zero-order valence-corrected chi connectivity index (χ0v) is 8.77. The van der Waals surface area contributed by atoms with E-state index in [9.17, 15) is 13.6 Å². The topological polar surface area (TPSA) is 55.0 Å². The average molecular weight is 269 g/mol. The number of hydrogen-bond acceptors (Lipinski definition) is 3. The van der Waals surface area contributed by atoms with Gasteiger partial charge in [0.15, 0.2) is 0 Å². The van der Waals surface area contributed by atoms with Crippen LogP contribution in [0.25, 0.3) is 0 Å². The first kappa shape index (κ1) is 11.1. The lowest BCUT2D eigenvalue weighted by Crippen LogP contribution is -2.07. The van der Waals surface area contributed by atoms with Crippen molar-refractivity contribution in [3.05, 3.63) is 15.9 Å². The first-order valence-electron chi connectivity index (χ1n) is 3.77. The molecule has 1 aromatic heterocycles. The van der Waals surface area contributed by atoms with Gasteiger partial charge in [-0.3, -0.25) is 5.10 Å². The molecule has 0 amide bonds. The van der Waals surface area contributed by atoms with Crippen molar-refractivity contribution in [1.29, 1.82) is 0 Å². The molecule has 78 valence electrons. The van der Waals surface area contributed by atoms with Gasteiger partial charge in [0.1, 0.15) is 15.9 Å². The molecule has 1 N–H and O–H groups in total. The highest BCUT2D eigenvalue weighted by molar-refractivity contribution is 9.10. The number of aromatic nitrogens is 2. The summed E-state index contributed by atoms with van der Waals surface area (Å²) in [5, 5.41) is 5.52. The number of carbonyl (C=O) groups is 1. The third-order valence-electron chi connectivity index (χ3n) is 1.45. The summed E-state index contributed by atoms with van der Waals surface area (Å²) >= 11 is 2.88. The number of aromatic amines is 1. The number of halogens is 3. The third kappa shape index (κ3) is 2.09. The van der Waals surface area contributed by atoms with Crippen LogP contribution in [0.1, 0.15) is 29.4 Å². The van der Waals surface area contributed by atoms with Crippen LogP contribution < -0.4 is 0 Å². The first-order valence-corrected chi connectivity index (χ1v) is 4.56. The van der Waals surface area contributed by atoms with Crippen molar-refractivity contribution in [2.75, 3.05) is 6.61 Å².